The molecule has 1 atom stereocenters. The molecular formula is C24H27N5O3S. The summed E-state index contributed by atoms with van der Waals surface area (Å²) < 4.78 is 10.9. The standard InChI is InChI=1S/C24H27N5O3S/c30-23(18-3-2-8-29(15-18)24-26-19-4-1-7-25-22(19)33-24)28-11-9-27(10-12-28)14-17-5-6-20-21(13-17)32-16-31-20/h1,4-7,13,18H,2-3,8-12,14-16H2/t18-/m1/s1. The van der Waals surface area contributed by atoms with Crippen LogP contribution in [0.5, 0.6) is 11.5 Å². The number of nitrogens with zero attached hydrogens (tertiary/aromatic N) is 5. The second kappa shape index (κ2) is 8.79. The lowest BCUT2D eigenvalue weighted by Gasteiger charge is -2.39. The number of ether oxygens (including phenoxy) is 2. The van der Waals surface area contributed by atoms with Crippen LogP contribution in [0, 0.1) is 5.92 Å². The van der Waals surface area contributed by atoms with Gasteiger partial charge in [0, 0.05) is 52.0 Å². The van der Waals surface area contributed by atoms with Crippen LogP contribution in [0.4, 0.5) is 5.13 Å². The summed E-state index contributed by atoms with van der Waals surface area (Å²) in [6.45, 7) is 6.20. The number of piperazine rings is 1. The highest BCUT2D eigenvalue weighted by Gasteiger charge is 2.32. The largest absolute Gasteiger partial charge is 0.454 e. The molecule has 0 aliphatic carbocycles. The van der Waals surface area contributed by atoms with Gasteiger partial charge in [-0.15, -0.1) is 0 Å². The average molecular weight is 466 g/mol. The fraction of sp³-hybridized carbons (Fsp3) is 0.458. The van der Waals surface area contributed by atoms with Gasteiger partial charge in [0.25, 0.3) is 0 Å². The van der Waals surface area contributed by atoms with Crippen molar-refractivity contribution in [1.82, 2.24) is 19.8 Å². The molecule has 3 aliphatic rings. The summed E-state index contributed by atoms with van der Waals surface area (Å²) in [6.07, 6.45) is 3.78. The van der Waals surface area contributed by atoms with Gasteiger partial charge in [-0.1, -0.05) is 17.4 Å². The maximum atomic E-state index is 13.3. The van der Waals surface area contributed by atoms with Crippen molar-refractivity contribution in [1.29, 1.82) is 0 Å². The van der Waals surface area contributed by atoms with E-state index >= 15 is 0 Å². The summed E-state index contributed by atoms with van der Waals surface area (Å²) in [6, 6.07) is 10.1. The molecule has 3 aromatic rings. The zero-order valence-corrected chi connectivity index (χ0v) is 19.3. The van der Waals surface area contributed by atoms with Crippen molar-refractivity contribution in [2.24, 2.45) is 5.92 Å². The lowest BCUT2D eigenvalue weighted by molar-refractivity contribution is -0.137. The quantitative estimate of drug-likeness (QED) is 0.587. The molecule has 0 N–H and O–H groups in total. The van der Waals surface area contributed by atoms with Crippen LogP contribution in [-0.2, 0) is 11.3 Å². The molecule has 2 fully saturated rings. The van der Waals surface area contributed by atoms with E-state index in [1.807, 2.05) is 18.2 Å². The van der Waals surface area contributed by atoms with Crippen molar-refractivity contribution < 1.29 is 14.3 Å². The van der Waals surface area contributed by atoms with Crippen LogP contribution in [0.1, 0.15) is 18.4 Å². The summed E-state index contributed by atoms with van der Waals surface area (Å²) >= 11 is 1.62. The minimum absolute atomic E-state index is 0.0409. The van der Waals surface area contributed by atoms with Gasteiger partial charge in [-0.2, -0.15) is 0 Å². The number of piperidine rings is 1. The molecule has 0 unspecified atom stereocenters. The number of hydrogen-bond donors (Lipinski definition) is 0. The summed E-state index contributed by atoms with van der Waals surface area (Å²) in [5.74, 6) is 1.98. The van der Waals surface area contributed by atoms with E-state index in [0.29, 0.717) is 12.7 Å². The van der Waals surface area contributed by atoms with Crippen molar-refractivity contribution in [3.05, 3.63) is 42.1 Å². The normalized spacial score (nSPS) is 21.0. The summed E-state index contributed by atoms with van der Waals surface area (Å²) in [5, 5.41) is 0.981. The van der Waals surface area contributed by atoms with Gasteiger partial charge in [0.1, 0.15) is 10.3 Å². The van der Waals surface area contributed by atoms with Gasteiger partial charge in [-0.25, -0.2) is 9.97 Å². The number of benzene rings is 1. The molecule has 0 spiro atoms. The highest BCUT2D eigenvalue weighted by atomic mass is 32.1. The molecule has 0 radical (unpaired) electrons. The smallest absolute Gasteiger partial charge is 0.231 e. The van der Waals surface area contributed by atoms with E-state index in [4.69, 9.17) is 14.5 Å². The first kappa shape index (κ1) is 20.7. The highest BCUT2D eigenvalue weighted by Crippen LogP contribution is 2.33. The fourth-order valence-electron chi connectivity index (χ4n) is 4.93. The van der Waals surface area contributed by atoms with Crippen LogP contribution in [0.15, 0.2) is 36.5 Å². The van der Waals surface area contributed by atoms with Crippen LogP contribution in [0.25, 0.3) is 10.3 Å². The molecule has 6 rings (SSSR count). The van der Waals surface area contributed by atoms with Crippen LogP contribution in [-0.4, -0.2) is 71.7 Å². The van der Waals surface area contributed by atoms with E-state index < -0.39 is 0 Å². The maximum absolute atomic E-state index is 13.3. The molecule has 1 amide bonds. The summed E-state index contributed by atoms with van der Waals surface area (Å²) in [5.41, 5.74) is 2.15. The number of hydrogen-bond acceptors (Lipinski definition) is 8. The van der Waals surface area contributed by atoms with E-state index in [2.05, 4.69) is 31.8 Å². The van der Waals surface area contributed by atoms with E-state index in [1.54, 1.807) is 17.5 Å². The Hall–Kier alpha value is -2.91. The lowest BCUT2D eigenvalue weighted by atomic mass is 9.96. The monoisotopic (exact) mass is 465 g/mol. The number of amides is 1. The number of carbonyl (C=O) groups excluding carboxylic acids is 1. The third-order valence-electron chi connectivity index (χ3n) is 6.72. The Labute approximate surface area is 196 Å². The Morgan fingerprint density at radius 3 is 2.85 bits per heavy atom. The second-order valence-electron chi connectivity index (χ2n) is 8.90. The predicted molar refractivity (Wildman–Crippen MR) is 127 cm³/mol. The Bertz CT molecular complexity index is 1130. The van der Waals surface area contributed by atoms with Gasteiger partial charge in [-0.05, 0) is 42.7 Å². The van der Waals surface area contributed by atoms with Crippen LogP contribution < -0.4 is 14.4 Å². The molecule has 8 nitrogen and oxygen atoms in total. The van der Waals surface area contributed by atoms with E-state index in [9.17, 15) is 4.79 Å². The first-order chi connectivity index (χ1) is 16.2. The minimum Gasteiger partial charge on any atom is -0.454 e. The molecule has 3 aliphatic heterocycles. The molecule has 33 heavy (non-hydrogen) atoms. The zero-order chi connectivity index (χ0) is 22.2. The van der Waals surface area contributed by atoms with Crippen LogP contribution >= 0.6 is 11.3 Å². The number of fused-ring (bicyclic) bond motifs is 2. The van der Waals surface area contributed by atoms with E-state index in [0.717, 1.165) is 85.6 Å². The fourth-order valence-corrected chi connectivity index (χ4v) is 5.87. The summed E-state index contributed by atoms with van der Waals surface area (Å²) in [7, 11) is 0. The number of carbonyl (C=O) groups is 1. The van der Waals surface area contributed by atoms with Crippen molar-refractivity contribution >= 4 is 32.7 Å². The van der Waals surface area contributed by atoms with Crippen LogP contribution in [0.3, 0.4) is 0 Å². The second-order valence-corrected chi connectivity index (χ2v) is 9.85. The number of anilines is 1. The average Bonchev–Trinajstić information content (AvgIpc) is 3.51. The Morgan fingerprint density at radius 1 is 1.09 bits per heavy atom. The number of aromatic nitrogens is 2. The lowest BCUT2D eigenvalue weighted by Crippen LogP contribution is -2.52. The summed E-state index contributed by atoms with van der Waals surface area (Å²) in [4.78, 5) is 30.2. The number of thiazole rings is 1. The molecule has 0 saturated carbocycles. The molecule has 172 valence electrons. The molecule has 9 heteroatoms. The molecular weight excluding hydrogens is 438 g/mol. The van der Waals surface area contributed by atoms with Crippen molar-refractivity contribution in [3.8, 4) is 11.5 Å². The molecule has 0 bridgehead atoms. The van der Waals surface area contributed by atoms with E-state index in [1.165, 1.54) is 5.56 Å². The van der Waals surface area contributed by atoms with E-state index in [-0.39, 0.29) is 5.92 Å². The van der Waals surface area contributed by atoms with Gasteiger partial charge < -0.3 is 19.3 Å². The molecule has 1 aromatic carbocycles. The number of rotatable bonds is 4. The third kappa shape index (κ3) is 4.22. The third-order valence-corrected chi connectivity index (χ3v) is 7.76. The van der Waals surface area contributed by atoms with Gasteiger partial charge in [0.15, 0.2) is 16.6 Å². The van der Waals surface area contributed by atoms with Gasteiger partial charge in [0.2, 0.25) is 12.7 Å². The first-order valence-electron chi connectivity index (χ1n) is 11.6. The molecule has 5 heterocycles. The van der Waals surface area contributed by atoms with Gasteiger partial charge in [0.05, 0.1) is 5.92 Å². The maximum Gasteiger partial charge on any atom is 0.231 e. The van der Waals surface area contributed by atoms with Crippen LogP contribution in [0.2, 0.25) is 0 Å². The topological polar surface area (TPSA) is 71.0 Å². The minimum atomic E-state index is 0.0409. The van der Waals surface area contributed by atoms with Gasteiger partial charge >= 0.3 is 0 Å². The number of pyridine rings is 1. The van der Waals surface area contributed by atoms with Gasteiger partial charge in [-0.3, -0.25) is 9.69 Å². The SMILES string of the molecule is O=C([C@@H]1CCCN(c2nc3cccnc3s2)C1)N1CCN(Cc2ccc3c(c2)OCO3)CC1. The Balaban J connectivity index is 1.04. The van der Waals surface area contributed by atoms with Crippen molar-refractivity contribution in [3.63, 3.8) is 0 Å². The molecule has 2 aromatic heterocycles. The van der Waals surface area contributed by atoms with Crippen molar-refractivity contribution in [2.45, 2.75) is 19.4 Å². The first-order valence-corrected chi connectivity index (χ1v) is 12.4. The van der Waals surface area contributed by atoms with Crippen molar-refractivity contribution in [2.75, 3.05) is 51.0 Å². The zero-order valence-electron chi connectivity index (χ0n) is 18.5. The Kier molecular flexibility index (Phi) is 5.51. The molecule has 2 saturated heterocycles. The highest BCUT2D eigenvalue weighted by molar-refractivity contribution is 7.21. The Morgan fingerprint density at radius 2 is 1.97 bits per heavy atom. The predicted octanol–water partition coefficient (Wildman–Crippen LogP) is 2.98.